The van der Waals surface area contributed by atoms with Crippen LogP contribution in [0.15, 0.2) is 132 Å². The van der Waals surface area contributed by atoms with Gasteiger partial charge in [-0.2, -0.15) is 0 Å². The van der Waals surface area contributed by atoms with E-state index in [0.717, 1.165) is 54.9 Å². The molecule has 9 rings (SSSR count). The molecule has 2 aromatic heterocycles. The predicted octanol–water partition coefficient (Wildman–Crippen LogP) is 10.9. The van der Waals surface area contributed by atoms with Crippen LogP contribution in [0.25, 0.3) is 77.0 Å². The third kappa shape index (κ3) is 3.12. The largest absolute Gasteiger partial charge is 0.455 e. The molecule has 0 atom stereocenters. The van der Waals surface area contributed by atoms with Crippen LogP contribution in [0.1, 0.15) is 25.0 Å². The monoisotopic (exact) mass is 537 g/mol. The summed E-state index contributed by atoms with van der Waals surface area (Å²) in [4.78, 5) is 4.80. The Morgan fingerprint density at radius 1 is 0.524 bits per heavy atom. The number of rotatable bonds is 2. The van der Waals surface area contributed by atoms with Crippen LogP contribution in [0, 0.1) is 0 Å². The highest BCUT2D eigenvalue weighted by molar-refractivity contribution is 6.18. The van der Waals surface area contributed by atoms with Gasteiger partial charge in [0, 0.05) is 44.3 Å². The molecule has 2 nitrogen and oxygen atoms in total. The van der Waals surface area contributed by atoms with Crippen LogP contribution in [0.2, 0.25) is 0 Å². The molecular formula is C40H27NO. The van der Waals surface area contributed by atoms with Crippen molar-refractivity contribution in [3.8, 4) is 33.4 Å². The number of hydrogen-bond acceptors (Lipinski definition) is 2. The van der Waals surface area contributed by atoms with Crippen LogP contribution in [0.3, 0.4) is 0 Å². The Morgan fingerprint density at radius 3 is 2.07 bits per heavy atom. The zero-order valence-corrected chi connectivity index (χ0v) is 23.5. The molecule has 1 aliphatic carbocycles. The maximum absolute atomic E-state index is 6.90. The minimum Gasteiger partial charge on any atom is -0.455 e. The zero-order chi connectivity index (χ0) is 28.0. The van der Waals surface area contributed by atoms with Gasteiger partial charge in [0.2, 0.25) is 0 Å². The first-order valence-electron chi connectivity index (χ1n) is 14.6. The smallest absolute Gasteiger partial charge is 0.143 e. The van der Waals surface area contributed by atoms with Crippen LogP contribution < -0.4 is 0 Å². The first-order valence-corrected chi connectivity index (χ1v) is 14.6. The maximum atomic E-state index is 6.90. The van der Waals surface area contributed by atoms with Crippen LogP contribution in [-0.2, 0) is 5.41 Å². The normalized spacial score (nSPS) is 13.7. The van der Waals surface area contributed by atoms with Gasteiger partial charge in [-0.15, -0.1) is 0 Å². The molecule has 0 fully saturated rings. The van der Waals surface area contributed by atoms with Gasteiger partial charge in [-0.1, -0.05) is 123 Å². The molecule has 8 aromatic rings. The minimum atomic E-state index is -0.0535. The number of para-hydroxylation sites is 2. The second-order valence-electron chi connectivity index (χ2n) is 11.9. The summed E-state index contributed by atoms with van der Waals surface area (Å²) in [6.07, 6.45) is 1.88. The first-order chi connectivity index (χ1) is 20.6. The molecule has 0 spiro atoms. The molecular weight excluding hydrogens is 510 g/mol. The molecule has 0 unspecified atom stereocenters. The number of nitrogens with zero attached hydrogens (tertiary/aromatic N) is 1. The van der Waals surface area contributed by atoms with Gasteiger partial charge in [-0.25, -0.2) is 0 Å². The van der Waals surface area contributed by atoms with Crippen molar-refractivity contribution in [2.24, 2.45) is 0 Å². The van der Waals surface area contributed by atoms with Crippen molar-refractivity contribution in [1.29, 1.82) is 0 Å². The van der Waals surface area contributed by atoms with Gasteiger partial charge in [-0.05, 0) is 50.9 Å². The van der Waals surface area contributed by atoms with Gasteiger partial charge in [0.25, 0.3) is 0 Å². The van der Waals surface area contributed by atoms with Gasteiger partial charge in [0.15, 0.2) is 0 Å². The summed E-state index contributed by atoms with van der Waals surface area (Å²) >= 11 is 0. The van der Waals surface area contributed by atoms with E-state index in [1.807, 2.05) is 12.3 Å². The Bertz CT molecular complexity index is 2390. The van der Waals surface area contributed by atoms with E-state index in [4.69, 9.17) is 9.40 Å². The third-order valence-electron chi connectivity index (χ3n) is 9.32. The number of pyridine rings is 1. The Balaban J connectivity index is 1.29. The lowest BCUT2D eigenvalue weighted by Gasteiger charge is -2.22. The lowest BCUT2D eigenvalue weighted by molar-refractivity contribution is 0.660. The average Bonchev–Trinajstić information content (AvgIpc) is 3.53. The summed E-state index contributed by atoms with van der Waals surface area (Å²) in [7, 11) is 0. The summed E-state index contributed by atoms with van der Waals surface area (Å²) in [5.41, 5.74) is 12.8. The molecule has 0 radical (unpaired) electrons. The number of benzene rings is 6. The fraction of sp³-hybridized carbons (Fsp3) is 0.0750. The van der Waals surface area contributed by atoms with E-state index in [2.05, 4.69) is 129 Å². The number of fused-ring (bicyclic) bond motifs is 9. The van der Waals surface area contributed by atoms with Crippen molar-refractivity contribution in [1.82, 2.24) is 4.98 Å². The highest BCUT2D eigenvalue weighted by Gasteiger charge is 2.35. The predicted molar refractivity (Wildman–Crippen MR) is 175 cm³/mol. The summed E-state index contributed by atoms with van der Waals surface area (Å²) in [6, 6.07) is 43.7. The van der Waals surface area contributed by atoms with Crippen LogP contribution in [-0.4, -0.2) is 4.98 Å². The Morgan fingerprint density at radius 2 is 1.19 bits per heavy atom. The van der Waals surface area contributed by atoms with Crippen LogP contribution >= 0.6 is 0 Å². The van der Waals surface area contributed by atoms with Gasteiger partial charge >= 0.3 is 0 Å². The second-order valence-corrected chi connectivity index (χ2v) is 11.9. The van der Waals surface area contributed by atoms with E-state index in [1.165, 1.54) is 33.2 Å². The highest BCUT2D eigenvalue weighted by atomic mass is 16.3. The summed E-state index contributed by atoms with van der Waals surface area (Å²) in [5, 5.41) is 5.73. The topological polar surface area (TPSA) is 26.0 Å². The Labute approximate surface area is 243 Å². The fourth-order valence-electron chi connectivity index (χ4n) is 7.27. The van der Waals surface area contributed by atoms with E-state index in [-0.39, 0.29) is 5.41 Å². The molecule has 0 saturated heterocycles. The third-order valence-corrected chi connectivity index (χ3v) is 9.32. The SMILES string of the molecule is CC1(C)c2ccccc2-c2ccc(-c3cccc4c3oc3c(-c5cccc6ccc7cccnc7c56)cccc34)cc21. The minimum absolute atomic E-state index is 0.0535. The van der Waals surface area contributed by atoms with E-state index >= 15 is 0 Å². The molecule has 0 bridgehead atoms. The summed E-state index contributed by atoms with van der Waals surface area (Å²) in [6.45, 7) is 4.66. The zero-order valence-electron chi connectivity index (χ0n) is 23.5. The number of hydrogen-bond donors (Lipinski definition) is 0. The van der Waals surface area contributed by atoms with E-state index < -0.39 is 0 Å². The van der Waals surface area contributed by atoms with Crippen LogP contribution in [0.5, 0.6) is 0 Å². The van der Waals surface area contributed by atoms with E-state index in [9.17, 15) is 0 Å². The van der Waals surface area contributed by atoms with Gasteiger partial charge in [0.05, 0.1) is 5.52 Å². The number of aromatic nitrogens is 1. The van der Waals surface area contributed by atoms with E-state index in [0.29, 0.717) is 0 Å². The van der Waals surface area contributed by atoms with Crippen molar-refractivity contribution in [2.45, 2.75) is 19.3 Å². The first kappa shape index (κ1) is 23.5. The van der Waals surface area contributed by atoms with Crippen LogP contribution in [0.4, 0.5) is 0 Å². The van der Waals surface area contributed by atoms with Gasteiger partial charge in [-0.3, -0.25) is 4.98 Å². The second kappa shape index (κ2) is 8.41. The standard InChI is InChI=1S/C40H27NO/c1-40(2)34-17-4-3-11-28(34)29-21-20-26(23-35(29)40)27-12-6-15-32-33-16-7-14-31(39(33)42-38(27)32)30-13-5-9-24-18-19-25-10-8-22-41-37(25)36(24)30/h3-23H,1-2H3. The molecule has 6 aromatic carbocycles. The lowest BCUT2D eigenvalue weighted by atomic mass is 9.81. The molecule has 0 aliphatic heterocycles. The highest BCUT2D eigenvalue weighted by Crippen LogP contribution is 2.50. The molecule has 0 N–H and O–H groups in total. The maximum Gasteiger partial charge on any atom is 0.143 e. The quantitative estimate of drug-likeness (QED) is 0.205. The molecule has 2 heterocycles. The number of furan rings is 1. The summed E-state index contributed by atoms with van der Waals surface area (Å²) < 4.78 is 6.90. The van der Waals surface area contributed by atoms with Crippen molar-refractivity contribution in [3.05, 3.63) is 139 Å². The molecule has 198 valence electrons. The molecule has 2 heteroatoms. The summed E-state index contributed by atoms with van der Waals surface area (Å²) in [5.74, 6) is 0. The molecule has 1 aliphatic rings. The molecule has 0 saturated carbocycles. The van der Waals surface area contributed by atoms with Crippen molar-refractivity contribution < 1.29 is 4.42 Å². The van der Waals surface area contributed by atoms with E-state index in [1.54, 1.807) is 0 Å². The lowest BCUT2D eigenvalue weighted by Crippen LogP contribution is -2.14. The van der Waals surface area contributed by atoms with Gasteiger partial charge in [0.1, 0.15) is 11.2 Å². The van der Waals surface area contributed by atoms with Gasteiger partial charge < -0.3 is 4.42 Å². The Hall–Kier alpha value is -5.21. The fourth-order valence-corrected chi connectivity index (χ4v) is 7.27. The van der Waals surface area contributed by atoms with Crippen molar-refractivity contribution in [3.63, 3.8) is 0 Å². The molecule has 42 heavy (non-hydrogen) atoms. The van der Waals surface area contributed by atoms with Crippen molar-refractivity contribution >= 4 is 43.6 Å². The van der Waals surface area contributed by atoms with Crippen molar-refractivity contribution in [2.75, 3.05) is 0 Å². The Kier molecular flexibility index (Phi) is 4.70. The average molecular weight is 538 g/mol. The molecule has 0 amide bonds.